The number of benzene rings is 1. The highest BCUT2D eigenvalue weighted by atomic mass is 32.2. The van der Waals surface area contributed by atoms with Crippen molar-refractivity contribution in [2.75, 3.05) is 7.11 Å². The van der Waals surface area contributed by atoms with Gasteiger partial charge in [0, 0.05) is 18.9 Å². The molecule has 2 aromatic rings. The molecule has 0 atom stereocenters. The van der Waals surface area contributed by atoms with E-state index in [1.54, 1.807) is 24.5 Å². The highest BCUT2D eigenvalue weighted by Gasteiger charge is 2.20. The molecule has 0 saturated carbocycles. The third kappa shape index (κ3) is 3.02. The maximum atomic E-state index is 12.4. The standard InChI is InChI=1S/C14H18N2O3S/c1-10-6-13(19-3)14(7-11(10)2)20(17,18)16-9-12-4-5-15-8-12/h4-8,15-16H,9H2,1-3H3. The van der Waals surface area contributed by atoms with Crippen molar-refractivity contribution in [3.63, 3.8) is 0 Å². The summed E-state index contributed by atoms with van der Waals surface area (Å²) in [6, 6.07) is 5.19. The van der Waals surface area contributed by atoms with E-state index in [0.29, 0.717) is 5.75 Å². The third-order valence-corrected chi connectivity index (χ3v) is 4.62. The molecule has 0 spiro atoms. The van der Waals surface area contributed by atoms with Gasteiger partial charge < -0.3 is 9.72 Å². The molecule has 0 amide bonds. The number of rotatable bonds is 5. The molecule has 0 fully saturated rings. The molecule has 0 radical (unpaired) electrons. The van der Waals surface area contributed by atoms with Crippen LogP contribution in [-0.2, 0) is 16.6 Å². The SMILES string of the molecule is COc1cc(C)c(C)cc1S(=O)(=O)NCc1cc[nH]c1. The van der Waals surface area contributed by atoms with Crippen LogP contribution in [0.2, 0.25) is 0 Å². The van der Waals surface area contributed by atoms with Crippen molar-refractivity contribution >= 4 is 10.0 Å². The predicted octanol–water partition coefficient (Wildman–Crippen LogP) is 2.12. The average Bonchev–Trinajstić information content (AvgIpc) is 2.92. The van der Waals surface area contributed by atoms with Gasteiger partial charge in [-0.05, 0) is 48.7 Å². The van der Waals surface area contributed by atoms with Gasteiger partial charge in [0.25, 0.3) is 0 Å². The maximum absolute atomic E-state index is 12.4. The number of hydrogen-bond donors (Lipinski definition) is 2. The van der Waals surface area contributed by atoms with E-state index in [1.165, 1.54) is 7.11 Å². The fourth-order valence-corrected chi connectivity index (χ4v) is 3.11. The molecule has 6 heteroatoms. The second-order valence-corrected chi connectivity index (χ2v) is 6.37. The number of sulfonamides is 1. The molecule has 1 aromatic carbocycles. The zero-order chi connectivity index (χ0) is 14.8. The quantitative estimate of drug-likeness (QED) is 0.887. The van der Waals surface area contributed by atoms with Crippen LogP contribution in [-0.4, -0.2) is 20.5 Å². The Kier molecular flexibility index (Phi) is 4.15. The number of aromatic amines is 1. The normalized spacial score (nSPS) is 11.6. The van der Waals surface area contributed by atoms with E-state index in [-0.39, 0.29) is 11.4 Å². The summed E-state index contributed by atoms with van der Waals surface area (Å²) in [4.78, 5) is 3.05. The van der Waals surface area contributed by atoms with Crippen molar-refractivity contribution in [3.05, 3.63) is 47.3 Å². The van der Waals surface area contributed by atoms with Crippen LogP contribution in [0, 0.1) is 13.8 Å². The van der Waals surface area contributed by atoms with Gasteiger partial charge in [0.15, 0.2) is 0 Å². The van der Waals surface area contributed by atoms with Gasteiger partial charge in [-0.2, -0.15) is 0 Å². The Morgan fingerprint density at radius 1 is 1.25 bits per heavy atom. The predicted molar refractivity (Wildman–Crippen MR) is 77.3 cm³/mol. The topological polar surface area (TPSA) is 71.2 Å². The lowest BCUT2D eigenvalue weighted by Crippen LogP contribution is -2.23. The van der Waals surface area contributed by atoms with Crippen LogP contribution >= 0.6 is 0 Å². The fraction of sp³-hybridized carbons (Fsp3) is 0.286. The summed E-state index contributed by atoms with van der Waals surface area (Å²) in [7, 11) is -2.14. The first-order chi connectivity index (χ1) is 9.44. The Morgan fingerprint density at radius 3 is 2.55 bits per heavy atom. The van der Waals surface area contributed by atoms with Crippen LogP contribution in [0.3, 0.4) is 0 Å². The lowest BCUT2D eigenvalue weighted by atomic mass is 10.1. The number of aromatic nitrogens is 1. The van der Waals surface area contributed by atoms with Crippen LogP contribution in [0.1, 0.15) is 16.7 Å². The molecule has 0 bridgehead atoms. The summed E-state index contributed by atoms with van der Waals surface area (Å²) < 4.78 is 32.5. The van der Waals surface area contributed by atoms with Crippen molar-refractivity contribution in [2.24, 2.45) is 0 Å². The Hall–Kier alpha value is -1.79. The van der Waals surface area contributed by atoms with Crippen molar-refractivity contribution in [1.82, 2.24) is 9.71 Å². The first kappa shape index (κ1) is 14.6. The number of aryl methyl sites for hydroxylation is 2. The molecule has 108 valence electrons. The van der Waals surface area contributed by atoms with Crippen molar-refractivity contribution in [2.45, 2.75) is 25.3 Å². The van der Waals surface area contributed by atoms with Gasteiger partial charge in [0.05, 0.1) is 7.11 Å². The minimum Gasteiger partial charge on any atom is -0.495 e. The molecular weight excluding hydrogens is 276 g/mol. The van der Waals surface area contributed by atoms with Crippen molar-refractivity contribution < 1.29 is 13.2 Å². The second-order valence-electron chi connectivity index (χ2n) is 4.63. The Labute approximate surface area is 119 Å². The monoisotopic (exact) mass is 294 g/mol. The summed E-state index contributed by atoms with van der Waals surface area (Å²) in [6.07, 6.45) is 3.50. The molecule has 0 saturated heterocycles. The van der Waals surface area contributed by atoms with Gasteiger partial charge >= 0.3 is 0 Å². The number of methoxy groups -OCH3 is 1. The highest BCUT2D eigenvalue weighted by molar-refractivity contribution is 7.89. The Morgan fingerprint density at radius 2 is 1.95 bits per heavy atom. The largest absolute Gasteiger partial charge is 0.495 e. The number of nitrogens with one attached hydrogen (secondary N) is 2. The lowest BCUT2D eigenvalue weighted by molar-refractivity contribution is 0.402. The zero-order valence-corrected chi connectivity index (χ0v) is 12.5. The highest BCUT2D eigenvalue weighted by Crippen LogP contribution is 2.27. The Bertz CT molecular complexity index is 691. The van der Waals surface area contributed by atoms with Crippen LogP contribution in [0.25, 0.3) is 0 Å². The van der Waals surface area contributed by atoms with E-state index in [1.807, 2.05) is 19.9 Å². The molecular formula is C14H18N2O3S. The van der Waals surface area contributed by atoms with Gasteiger partial charge in [-0.1, -0.05) is 0 Å². The minimum atomic E-state index is -3.61. The van der Waals surface area contributed by atoms with Crippen LogP contribution in [0.4, 0.5) is 0 Å². The van der Waals surface area contributed by atoms with E-state index in [9.17, 15) is 8.42 Å². The molecule has 5 nitrogen and oxygen atoms in total. The van der Waals surface area contributed by atoms with Crippen LogP contribution < -0.4 is 9.46 Å². The minimum absolute atomic E-state index is 0.165. The second kappa shape index (κ2) is 5.68. The Balaban J connectivity index is 2.31. The molecule has 2 N–H and O–H groups in total. The molecule has 0 unspecified atom stereocenters. The molecule has 0 aliphatic heterocycles. The molecule has 0 aliphatic rings. The average molecular weight is 294 g/mol. The van der Waals surface area contributed by atoms with Gasteiger partial charge in [0.1, 0.15) is 10.6 Å². The summed E-state index contributed by atoms with van der Waals surface area (Å²) in [5, 5.41) is 0. The first-order valence-corrected chi connectivity index (χ1v) is 7.69. The number of ether oxygens (including phenoxy) is 1. The number of H-pyrrole nitrogens is 1. The van der Waals surface area contributed by atoms with Gasteiger partial charge in [0.2, 0.25) is 10.0 Å². The van der Waals surface area contributed by atoms with E-state index in [0.717, 1.165) is 16.7 Å². The van der Waals surface area contributed by atoms with E-state index >= 15 is 0 Å². The molecule has 1 heterocycles. The van der Waals surface area contributed by atoms with E-state index < -0.39 is 10.0 Å². The first-order valence-electron chi connectivity index (χ1n) is 6.20. The third-order valence-electron chi connectivity index (χ3n) is 3.20. The molecule has 20 heavy (non-hydrogen) atoms. The summed E-state index contributed by atoms with van der Waals surface area (Å²) in [5.41, 5.74) is 2.77. The van der Waals surface area contributed by atoms with Gasteiger partial charge in [-0.25, -0.2) is 13.1 Å². The van der Waals surface area contributed by atoms with Crippen molar-refractivity contribution in [3.8, 4) is 5.75 Å². The van der Waals surface area contributed by atoms with E-state index in [4.69, 9.17) is 4.74 Å². The van der Waals surface area contributed by atoms with E-state index in [2.05, 4.69) is 9.71 Å². The summed E-state index contributed by atoms with van der Waals surface area (Å²) in [5.74, 6) is 0.356. The molecule has 0 aliphatic carbocycles. The van der Waals surface area contributed by atoms with Gasteiger partial charge in [-0.3, -0.25) is 0 Å². The van der Waals surface area contributed by atoms with Crippen LogP contribution in [0.15, 0.2) is 35.5 Å². The summed E-state index contributed by atoms with van der Waals surface area (Å²) in [6.45, 7) is 4.03. The fourth-order valence-electron chi connectivity index (χ4n) is 1.86. The number of hydrogen-bond acceptors (Lipinski definition) is 3. The zero-order valence-electron chi connectivity index (χ0n) is 11.7. The summed E-state index contributed by atoms with van der Waals surface area (Å²) >= 11 is 0. The smallest absolute Gasteiger partial charge is 0.244 e. The lowest BCUT2D eigenvalue weighted by Gasteiger charge is -2.13. The van der Waals surface area contributed by atoms with Gasteiger partial charge in [-0.15, -0.1) is 0 Å². The van der Waals surface area contributed by atoms with Crippen molar-refractivity contribution in [1.29, 1.82) is 0 Å². The molecule has 1 aromatic heterocycles. The van der Waals surface area contributed by atoms with Crippen LogP contribution in [0.5, 0.6) is 5.75 Å². The maximum Gasteiger partial charge on any atom is 0.244 e. The molecule has 2 rings (SSSR count).